The van der Waals surface area contributed by atoms with E-state index in [0.717, 1.165) is 0 Å². The SMILES string of the molecule is CC(=O)c1ccc(NC(=O)C(C)OC(=O)CNC(=O)c2ccc(Cl)cc2Cl)cc1. The molecule has 0 radical (unpaired) electrons. The zero-order chi connectivity index (χ0) is 21.6. The van der Waals surface area contributed by atoms with Gasteiger partial charge >= 0.3 is 5.97 Å². The fraction of sp³-hybridized carbons (Fsp3) is 0.200. The van der Waals surface area contributed by atoms with Gasteiger partial charge in [0.2, 0.25) is 0 Å². The van der Waals surface area contributed by atoms with Gasteiger partial charge in [0.25, 0.3) is 11.8 Å². The summed E-state index contributed by atoms with van der Waals surface area (Å²) in [4.78, 5) is 47.3. The van der Waals surface area contributed by atoms with E-state index in [1.54, 1.807) is 24.3 Å². The lowest BCUT2D eigenvalue weighted by molar-refractivity contribution is -0.152. The zero-order valence-electron chi connectivity index (χ0n) is 15.6. The van der Waals surface area contributed by atoms with Crippen LogP contribution in [0.15, 0.2) is 42.5 Å². The highest BCUT2D eigenvalue weighted by Crippen LogP contribution is 2.20. The minimum atomic E-state index is -1.09. The summed E-state index contributed by atoms with van der Waals surface area (Å²) in [5, 5.41) is 5.46. The highest BCUT2D eigenvalue weighted by atomic mass is 35.5. The van der Waals surface area contributed by atoms with Gasteiger partial charge in [-0.05, 0) is 56.3 Å². The number of hydrogen-bond acceptors (Lipinski definition) is 5. The van der Waals surface area contributed by atoms with Crippen LogP contribution in [0.1, 0.15) is 34.6 Å². The largest absolute Gasteiger partial charge is 0.451 e. The third-order valence-corrected chi connectivity index (χ3v) is 4.35. The number of ether oxygens (including phenoxy) is 1. The van der Waals surface area contributed by atoms with Crippen molar-refractivity contribution in [2.24, 2.45) is 0 Å². The fourth-order valence-electron chi connectivity index (χ4n) is 2.25. The molecule has 0 fully saturated rings. The van der Waals surface area contributed by atoms with Gasteiger partial charge in [0, 0.05) is 16.3 Å². The van der Waals surface area contributed by atoms with Crippen LogP contribution < -0.4 is 10.6 Å². The van der Waals surface area contributed by atoms with Crippen molar-refractivity contribution in [3.05, 3.63) is 63.6 Å². The molecule has 0 bridgehead atoms. The quantitative estimate of drug-likeness (QED) is 0.510. The molecule has 0 saturated heterocycles. The molecule has 0 aliphatic rings. The first-order valence-corrected chi connectivity index (χ1v) is 9.27. The first-order valence-electron chi connectivity index (χ1n) is 8.52. The van der Waals surface area contributed by atoms with Crippen molar-refractivity contribution in [1.82, 2.24) is 5.32 Å². The van der Waals surface area contributed by atoms with Gasteiger partial charge in [-0.15, -0.1) is 0 Å². The van der Waals surface area contributed by atoms with Crippen LogP contribution in [0.25, 0.3) is 0 Å². The van der Waals surface area contributed by atoms with E-state index in [-0.39, 0.29) is 16.4 Å². The van der Waals surface area contributed by atoms with Crippen LogP contribution in [0.2, 0.25) is 10.0 Å². The van der Waals surface area contributed by atoms with E-state index < -0.39 is 30.4 Å². The molecule has 0 aromatic heterocycles. The molecule has 7 nitrogen and oxygen atoms in total. The lowest BCUT2D eigenvalue weighted by Crippen LogP contribution is -2.35. The van der Waals surface area contributed by atoms with E-state index in [1.807, 2.05) is 0 Å². The number of nitrogens with one attached hydrogen (secondary N) is 2. The summed E-state index contributed by atoms with van der Waals surface area (Å²) in [7, 11) is 0. The number of Topliss-reactive ketones (excluding diaryl/α,β-unsaturated/α-hetero) is 1. The fourth-order valence-corrected chi connectivity index (χ4v) is 2.74. The summed E-state index contributed by atoms with van der Waals surface area (Å²) in [6, 6.07) is 10.6. The molecular formula is C20H18Cl2N2O5. The number of rotatable bonds is 7. The molecular weight excluding hydrogens is 419 g/mol. The number of carbonyl (C=O) groups is 4. The van der Waals surface area contributed by atoms with Crippen molar-refractivity contribution in [3.63, 3.8) is 0 Å². The average molecular weight is 437 g/mol. The maximum Gasteiger partial charge on any atom is 0.326 e. The van der Waals surface area contributed by atoms with Gasteiger partial charge in [-0.1, -0.05) is 23.2 Å². The summed E-state index contributed by atoms with van der Waals surface area (Å²) in [6.07, 6.45) is -1.09. The molecule has 0 aliphatic heterocycles. The molecule has 152 valence electrons. The van der Waals surface area contributed by atoms with E-state index in [0.29, 0.717) is 16.3 Å². The Labute approximate surface area is 177 Å². The number of benzene rings is 2. The Bertz CT molecular complexity index is 944. The summed E-state index contributed by atoms with van der Waals surface area (Å²) >= 11 is 11.7. The molecule has 0 aliphatic carbocycles. The van der Waals surface area contributed by atoms with E-state index in [4.69, 9.17) is 27.9 Å². The molecule has 2 N–H and O–H groups in total. The van der Waals surface area contributed by atoms with Gasteiger partial charge < -0.3 is 15.4 Å². The molecule has 2 rings (SSSR count). The van der Waals surface area contributed by atoms with Gasteiger partial charge in [0.15, 0.2) is 11.9 Å². The minimum Gasteiger partial charge on any atom is -0.451 e. The Morgan fingerprint density at radius 2 is 1.69 bits per heavy atom. The second-order valence-electron chi connectivity index (χ2n) is 6.06. The van der Waals surface area contributed by atoms with Gasteiger partial charge in [-0.3, -0.25) is 19.2 Å². The Kier molecular flexibility index (Phi) is 7.75. The molecule has 0 spiro atoms. The number of carbonyl (C=O) groups excluding carboxylic acids is 4. The standard InChI is InChI=1S/C20H18Cl2N2O5/c1-11(25)13-3-6-15(7-4-13)24-19(27)12(2)29-18(26)10-23-20(28)16-8-5-14(21)9-17(16)22/h3-9,12H,10H2,1-2H3,(H,23,28)(H,24,27). The van der Waals surface area contributed by atoms with Crippen molar-refractivity contribution >= 4 is 52.5 Å². The van der Waals surface area contributed by atoms with Gasteiger partial charge in [0.1, 0.15) is 6.54 Å². The van der Waals surface area contributed by atoms with Crippen molar-refractivity contribution < 1.29 is 23.9 Å². The Morgan fingerprint density at radius 3 is 2.28 bits per heavy atom. The number of halogens is 2. The van der Waals surface area contributed by atoms with Gasteiger partial charge in [-0.2, -0.15) is 0 Å². The normalized spacial score (nSPS) is 11.3. The van der Waals surface area contributed by atoms with E-state index in [2.05, 4.69) is 10.6 Å². The third-order valence-electron chi connectivity index (χ3n) is 3.81. The Hall–Kier alpha value is -2.90. The van der Waals surface area contributed by atoms with E-state index in [1.165, 1.54) is 32.0 Å². The molecule has 1 unspecified atom stereocenters. The first-order chi connectivity index (χ1) is 13.7. The van der Waals surface area contributed by atoms with Crippen LogP contribution in [0.3, 0.4) is 0 Å². The van der Waals surface area contributed by atoms with Crippen molar-refractivity contribution in [2.75, 3.05) is 11.9 Å². The summed E-state index contributed by atoms with van der Waals surface area (Å²) < 4.78 is 5.01. The molecule has 2 aromatic carbocycles. The maximum absolute atomic E-state index is 12.1. The van der Waals surface area contributed by atoms with Crippen LogP contribution in [0.4, 0.5) is 5.69 Å². The number of anilines is 1. The number of ketones is 1. The monoisotopic (exact) mass is 436 g/mol. The van der Waals surface area contributed by atoms with Crippen LogP contribution in [0, 0.1) is 0 Å². The molecule has 9 heteroatoms. The molecule has 2 amide bonds. The Balaban J connectivity index is 1.83. The van der Waals surface area contributed by atoms with Crippen LogP contribution in [-0.4, -0.2) is 36.2 Å². The van der Waals surface area contributed by atoms with Crippen LogP contribution in [-0.2, 0) is 14.3 Å². The molecule has 2 aromatic rings. The highest BCUT2D eigenvalue weighted by molar-refractivity contribution is 6.36. The van der Waals surface area contributed by atoms with E-state index in [9.17, 15) is 19.2 Å². The second-order valence-corrected chi connectivity index (χ2v) is 6.91. The topological polar surface area (TPSA) is 102 Å². The lowest BCUT2D eigenvalue weighted by Gasteiger charge is -2.14. The Morgan fingerprint density at radius 1 is 1.03 bits per heavy atom. The lowest BCUT2D eigenvalue weighted by atomic mass is 10.1. The van der Waals surface area contributed by atoms with Crippen LogP contribution in [0.5, 0.6) is 0 Å². The molecule has 0 saturated carbocycles. The van der Waals surface area contributed by atoms with Crippen molar-refractivity contribution in [2.45, 2.75) is 20.0 Å². The zero-order valence-corrected chi connectivity index (χ0v) is 17.1. The van der Waals surface area contributed by atoms with Crippen molar-refractivity contribution in [3.8, 4) is 0 Å². The summed E-state index contributed by atoms with van der Waals surface area (Å²) in [5.41, 5.74) is 1.12. The highest BCUT2D eigenvalue weighted by Gasteiger charge is 2.19. The summed E-state index contributed by atoms with van der Waals surface area (Å²) in [5.74, 6) is -2.02. The average Bonchev–Trinajstić information content (AvgIpc) is 2.66. The first kappa shape index (κ1) is 22.4. The third kappa shape index (κ3) is 6.58. The van der Waals surface area contributed by atoms with Crippen LogP contribution >= 0.6 is 23.2 Å². The van der Waals surface area contributed by atoms with Gasteiger partial charge in [-0.25, -0.2) is 0 Å². The smallest absolute Gasteiger partial charge is 0.326 e. The number of amides is 2. The predicted molar refractivity (Wildman–Crippen MR) is 109 cm³/mol. The maximum atomic E-state index is 12.1. The summed E-state index contributed by atoms with van der Waals surface area (Å²) in [6.45, 7) is 2.40. The molecule has 1 atom stereocenters. The van der Waals surface area contributed by atoms with Gasteiger partial charge in [0.05, 0.1) is 10.6 Å². The second kappa shape index (κ2) is 10.0. The number of hydrogen-bond donors (Lipinski definition) is 2. The molecule has 0 heterocycles. The van der Waals surface area contributed by atoms with Crippen molar-refractivity contribution in [1.29, 1.82) is 0 Å². The molecule has 29 heavy (non-hydrogen) atoms. The number of esters is 1. The van der Waals surface area contributed by atoms with E-state index >= 15 is 0 Å². The predicted octanol–water partition coefficient (Wildman–Crippen LogP) is 3.50. The minimum absolute atomic E-state index is 0.0906.